The zero-order chi connectivity index (χ0) is 20.5. The van der Waals surface area contributed by atoms with E-state index in [9.17, 15) is 14.0 Å². The number of nitrogens with zero attached hydrogens (tertiary/aromatic N) is 1. The maximum atomic E-state index is 13.3. The first kappa shape index (κ1) is 19.8. The summed E-state index contributed by atoms with van der Waals surface area (Å²) in [6, 6.07) is 8.28. The van der Waals surface area contributed by atoms with Gasteiger partial charge in [-0.1, -0.05) is 18.5 Å². The molecule has 2 aromatic rings. The summed E-state index contributed by atoms with van der Waals surface area (Å²) in [7, 11) is 0. The van der Waals surface area contributed by atoms with E-state index in [0.29, 0.717) is 28.3 Å². The molecule has 2 saturated carbocycles. The summed E-state index contributed by atoms with van der Waals surface area (Å²) in [4.78, 5) is 28.5. The molecule has 1 heterocycles. The number of pyridine rings is 1. The minimum atomic E-state index is -0.519. The van der Waals surface area contributed by atoms with Crippen LogP contribution >= 0.6 is 11.6 Å². The van der Waals surface area contributed by atoms with E-state index in [4.69, 9.17) is 11.6 Å². The van der Waals surface area contributed by atoms with Gasteiger partial charge in [0.1, 0.15) is 5.82 Å². The second-order valence-electron chi connectivity index (χ2n) is 7.93. The van der Waals surface area contributed by atoms with Crippen molar-refractivity contribution >= 4 is 23.4 Å². The minimum absolute atomic E-state index is 0.0815. The number of aromatic nitrogens is 1. The van der Waals surface area contributed by atoms with Crippen LogP contribution in [0.15, 0.2) is 42.7 Å². The van der Waals surface area contributed by atoms with Crippen LogP contribution in [-0.2, 0) is 0 Å². The SMILES string of the molecule is CC[C@@H](NC(=O)c1ccc(Cl)cc1)C1[C@H]2CC(NC(=O)c3cncc(F)c3)C[C@@H]12. The molecule has 4 rings (SSSR count). The fourth-order valence-electron chi connectivity index (χ4n) is 4.73. The Balaban J connectivity index is 1.30. The van der Waals surface area contributed by atoms with Crippen molar-refractivity contribution in [1.82, 2.24) is 15.6 Å². The molecule has 2 amide bonds. The Morgan fingerprint density at radius 2 is 1.83 bits per heavy atom. The summed E-state index contributed by atoms with van der Waals surface area (Å²) in [5.74, 6) is 0.558. The van der Waals surface area contributed by atoms with Gasteiger partial charge in [0.05, 0.1) is 11.8 Å². The quantitative estimate of drug-likeness (QED) is 0.753. The van der Waals surface area contributed by atoms with E-state index in [1.165, 1.54) is 12.3 Å². The molecule has 0 spiro atoms. The molecule has 0 radical (unpaired) electrons. The molecule has 0 bridgehead atoms. The highest BCUT2D eigenvalue weighted by atomic mass is 35.5. The highest BCUT2D eigenvalue weighted by molar-refractivity contribution is 6.30. The molecule has 5 nitrogen and oxygen atoms in total. The van der Waals surface area contributed by atoms with Gasteiger partial charge in [-0.25, -0.2) is 4.39 Å². The van der Waals surface area contributed by atoms with Crippen molar-refractivity contribution in [3.8, 4) is 0 Å². The van der Waals surface area contributed by atoms with Gasteiger partial charge in [-0.2, -0.15) is 0 Å². The molecule has 2 aliphatic rings. The summed E-state index contributed by atoms with van der Waals surface area (Å²) < 4.78 is 13.3. The van der Waals surface area contributed by atoms with Crippen LogP contribution in [0.4, 0.5) is 4.39 Å². The third-order valence-electron chi connectivity index (χ3n) is 6.14. The van der Waals surface area contributed by atoms with E-state index in [2.05, 4.69) is 22.5 Å². The van der Waals surface area contributed by atoms with Crippen molar-refractivity contribution in [2.24, 2.45) is 17.8 Å². The van der Waals surface area contributed by atoms with Gasteiger partial charge in [-0.15, -0.1) is 0 Å². The number of rotatable bonds is 6. The minimum Gasteiger partial charge on any atom is -0.349 e. The van der Waals surface area contributed by atoms with Crippen LogP contribution in [0.25, 0.3) is 0 Å². The molecular weight excluding hydrogens is 393 g/mol. The lowest BCUT2D eigenvalue weighted by atomic mass is 9.99. The zero-order valence-electron chi connectivity index (χ0n) is 16.1. The van der Waals surface area contributed by atoms with E-state index in [1.54, 1.807) is 24.3 Å². The number of benzene rings is 1. The number of hydrogen-bond donors (Lipinski definition) is 2. The highest BCUT2D eigenvalue weighted by Gasteiger charge is 2.58. The lowest BCUT2D eigenvalue weighted by molar-refractivity contribution is 0.0927. The van der Waals surface area contributed by atoms with Crippen LogP contribution in [0.2, 0.25) is 5.02 Å². The first-order chi connectivity index (χ1) is 14.0. The fraction of sp³-hybridized carbons (Fsp3) is 0.409. The number of carbonyl (C=O) groups is 2. The summed E-state index contributed by atoms with van der Waals surface area (Å²) >= 11 is 5.89. The van der Waals surface area contributed by atoms with Crippen LogP contribution < -0.4 is 10.6 Å². The lowest BCUT2D eigenvalue weighted by Crippen LogP contribution is -2.39. The molecule has 29 heavy (non-hydrogen) atoms. The van der Waals surface area contributed by atoms with E-state index >= 15 is 0 Å². The van der Waals surface area contributed by atoms with Gasteiger partial charge >= 0.3 is 0 Å². The van der Waals surface area contributed by atoms with Gasteiger partial charge in [0.2, 0.25) is 0 Å². The average Bonchev–Trinajstić information content (AvgIpc) is 3.20. The predicted molar refractivity (Wildman–Crippen MR) is 108 cm³/mol. The molecule has 152 valence electrons. The van der Waals surface area contributed by atoms with Crippen molar-refractivity contribution < 1.29 is 14.0 Å². The Labute approximate surface area is 174 Å². The van der Waals surface area contributed by atoms with Crippen molar-refractivity contribution in [2.75, 3.05) is 0 Å². The molecule has 1 aromatic heterocycles. The third-order valence-corrected chi connectivity index (χ3v) is 6.39. The van der Waals surface area contributed by atoms with Gasteiger partial charge in [-0.05, 0) is 67.3 Å². The Hall–Kier alpha value is -2.47. The van der Waals surface area contributed by atoms with Crippen LogP contribution in [0, 0.1) is 23.6 Å². The smallest absolute Gasteiger partial charge is 0.253 e. The second-order valence-corrected chi connectivity index (χ2v) is 8.37. The second kappa shape index (κ2) is 8.11. The number of nitrogens with one attached hydrogen (secondary N) is 2. The molecule has 2 aliphatic carbocycles. The maximum Gasteiger partial charge on any atom is 0.253 e. The van der Waals surface area contributed by atoms with Crippen LogP contribution in [0.1, 0.15) is 46.9 Å². The largest absolute Gasteiger partial charge is 0.349 e. The van der Waals surface area contributed by atoms with Gasteiger partial charge in [-0.3, -0.25) is 14.6 Å². The fourth-order valence-corrected chi connectivity index (χ4v) is 4.86. The van der Waals surface area contributed by atoms with Crippen LogP contribution in [0.3, 0.4) is 0 Å². The van der Waals surface area contributed by atoms with Gasteiger partial charge in [0.25, 0.3) is 11.8 Å². The molecule has 1 aromatic carbocycles. The van der Waals surface area contributed by atoms with Crippen LogP contribution in [-0.4, -0.2) is 28.9 Å². The Morgan fingerprint density at radius 3 is 2.45 bits per heavy atom. The summed E-state index contributed by atoms with van der Waals surface area (Å²) in [5.41, 5.74) is 0.844. The monoisotopic (exact) mass is 415 g/mol. The van der Waals surface area contributed by atoms with E-state index < -0.39 is 5.82 Å². The third kappa shape index (κ3) is 4.27. The number of fused-ring (bicyclic) bond motifs is 1. The molecular formula is C22H23ClFN3O2. The van der Waals surface area contributed by atoms with Gasteiger partial charge in [0, 0.05) is 28.9 Å². The van der Waals surface area contributed by atoms with E-state index in [1.807, 2.05) is 0 Å². The first-order valence-electron chi connectivity index (χ1n) is 9.94. The Kier molecular flexibility index (Phi) is 5.54. The molecule has 5 atom stereocenters. The molecule has 7 heteroatoms. The maximum absolute atomic E-state index is 13.3. The lowest BCUT2D eigenvalue weighted by Gasteiger charge is -2.22. The highest BCUT2D eigenvalue weighted by Crippen LogP contribution is 2.59. The van der Waals surface area contributed by atoms with Gasteiger partial charge in [0.15, 0.2) is 0 Å². The standard InChI is InChI=1S/C22H23ClFN3O2/c1-2-19(27-21(28)12-3-5-14(23)6-4-12)20-17-8-16(9-18(17)20)26-22(29)13-7-15(24)11-25-10-13/h3-7,10-11,16-20H,2,8-9H2,1H3,(H,26,29)(H,27,28)/t16?,17-,18+,19-,20?/m1/s1. The van der Waals surface area contributed by atoms with Crippen molar-refractivity contribution in [3.05, 3.63) is 64.7 Å². The molecule has 0 saturated heterocycles. The molecule has 2 N–H and O–H groups in total. The number of halogens is 2. The van der Waals surface area contributed by atoms with Crippen LogP contribution in [0.5, 0.6) is 0 Å². The van der Waals surface area contributed by atoms with Crippen molar-refractivity contribution in [1.29, 1.82) is 0 Å². The Bertz CT molecular complexity index is 909. The topological polar surface area (TPSA) is 71.1 Å². The predicted octanol–water partition coefficient (Wildman–Crippen LogP) is 3.84. The first-order valence-corrected chi connectivity index (χ1v) is 10.3. The Morgan fingerprint density at radius 1 is 1.14 bits per heavy atom. The molecule has 2 unspecified atom stereocenters. The summed E-state index contributed by atoms with van der Waals surface area (Å²) in [5, 5.41) is 6.75. The number of amides is 2. The summed E-state index contributed by atoms with van der Waals surface area (Å²) in [6.07, 6.45) is 5.09. The van der Waals surface area contributed by atoms with Gasteiger partial charge < -0.3 is 10.6 Å². The molecule has 0 aliphatic heterocycles. The van der Waals surface area contributed by atoms with E-state index in [-0.39, 0.29) is 29.5 Å². The van der Waals surface area contributed by atoms with Crippen molar-refractivity contribution in [3.63, 3.8) is 0 Å². The van der Waals surface area contributed by atoms with Crippen molar-refractivity contribution in [2.45, 2.75) is 38.3 Å². The normalized spacial score (nSPS) is 25.8. The zero-order valence-corrected chi connectivity index (χ0v) is 16.8. The summed E-state index contributed by atoms with van der Waals surface area (Å²) in [6.45, 7) is 2.08. The average molecular weight is 416 g/mol. The number of hydrogen-bond acceptors (Lipinski definition) is 3. The molecule has 2 fully saturated rings. The van der Waals surface area contributed by atoms with E-state index in [0.717, 1.165) is 25.5 Å². The number of carbonyl (C=O) groups excluding carboxylic acids is 2.